The van der Waals surface area contributed by atoms with Gasteiger partial charge in [-0.15, -0.1) is 0 Å². The molecule has 1 atom stereocenters. The smallest absolute Gasteiger partial charge is 0.262 e. The first-order chi connectivity index (χ1) is 16.8. The Balaban J connectivity index is 1.44. The number of piperidine rings is 1. The van der Waals surface area contributed by atoms with Gasteiger partial charge in [-0.05, 0) is 61.2 Å². The van der Waals surface area contributed by atoms with Crippen molar-refractivity contribution >= 4 is 17.9 Å². The standard InChI is InChI=1S/C25H23F3N4O3/c1-15-13-31(14-29-15)21-7-5-16(10-22(21)35-2)6-8-23(33)30-32-9-3-4-18(25(32)34)17-11-19(26)24(28)20(27)12-17/h5-8,10-14,18H,3-4,9H2,1-2H3,(H,30,33). The molecule has 2 heterocycles. The third kappa shape index (κ3) is 5.21. The number of halogens is 3. The third-order valence-electron chi connectivity index (χ3n) is 5.71. The highest BCUT2D eigenvalue weighted by Gasteiger charge is 2.32. The zero-order valence-electron chi connectivity index (χ0n) is 19.1. The Morgan fingerprint density at radius 1 is 1.20 bits per heavy atom. The van der Waals surface area contributed by atoms with Crippen molar-refractivity contribution in [3.05, 3.63) is 83.2 Å². The second kappa shape index (κ2) is 10.0. The summed E-state index contributed by atoms with van der Waals surface area (Å²) in [5.41, 5.74) is 4.87. The Kier molecular flexibility index (Phi) is 6.90. The Morgan fingerprint density at radius 3 is 2.60 bits per heavy atom. The van der Waals surface area contributed by atoms with Crippen LogP contribution in [0.4, 0.5) is 13.2 Å². The van der Waals surface area contributed by atoms with E-state index < -0.39 is 35.2 Å². The molecule has 0 aliphatic carbocycles. The number of amides is 2. The molecule has 2 aromatic carbocycles. The van der Waals surface area contributed by atoms with Gasteiger partial charge in [0.15, 0.2) is 17.5 Å². The zero-order valence-corrected chi connectivity index (χ0v) is 19.1. The van der Waals surface area contributed by atoms with Crippen LogP contribution in [0.5, 0.6) is 5.75 Å². The number of carbonyl (C=O) groups excluding carboxylic acids is 2. The molecule has 0 saturated carbocycles. The van der Waals surface area contributed by atoms with Crippen molar-refractivity contribution in [3.8, 4) is 11.4 Å². The van der Waals surface area contributed by atoms with Crippen molar-refractivity contribution in [1.29, 1.82) is 0 Å². The molecule has 1 unspecified atom stereocenters. The molecule has 1 saturated heterocycles. The highest BCUT2D eigenvalue weighted by molar-refractivity contribution is 5.94. The molecule has 3 aromatic rings. The number of nitrogens with zero attached hydrogens (tertiary/aromatic N) is 3. The molecule has 1 aromatic heterocycles. The van der Waals surface area contributed by atoms with Gasteiger partial charge in [0.25, 0.3) is 5.91 Å². The lowest BCUT2D eigenvalue weighted by Crippen LogP contribution is -2.50. The fourth-order valence-electron chi connectivity index (χ4n) is 3.98. The molecule has 1 N–H and O–H groups in total. The van der Waals surface area contributed by atoms with Gasteiger partial charge in [-0.3, -0.25) is 20.0 Å². The summed E-state index contributed by atoms with van der Waals surface area (Å²) < 4.78 is 47.8. The zero-order chi connectivity index (χ0) is 25.1. The number of rotatable bonds is 6. The molecule has 182 valence electrons. The summed E-state index contributed by atoms with van der Waals surface area (Å²) in [6.45, 7) is 2.12. The Morgan fingerprint density at radius 2 is 1.94 bits per heavy atom. The summed E-state index contributed by atoms with van der Waals surface area (Å²) in [7, 11) is 1.54. The van der Waals surface area contributed by atoms with Crippen molar-refractivity contribution in [3.63, 3.8) is 0 Å². The summed E-state index contributed by atoms with van der Waals surface area (Å²) >= 11 is 0. The predicted octanol–water partition coefficient (Wildman–Crippen LogP) is 4.06. The Hall–Kier alpha value is -4.08. The number of ether oxygens (including phenoxy) is 1. The second-order valence-corrected chi connectivity index (χ2v) is 8.15. The molecule has 4 rings (SSSR count). The van der Waals surface area contributed by atoms with Gasteiger partial charge in [-0.2, -0.15) is 0 Å². The lowest BCUT2D eigenvalue weighted by atomic mass is 9.90. The monoisotopic (exact) mass is 484 g/mol. The van der Waals surface area contributed by atoms with Gasteiger partial charge in [0.05, 0.1) is 30.7 Å². The first kappa shape index (κ1) is 24.1. The van der Waals surface area contributed by atoms with Crippen LogP contribution >= 0.6 is 0 Å². The van der Waals surface area contributed by atoms with E-state index >= 15 is 0 Å². The molecule has 10 heteroatoms. The fraction of sp³-hybridized carbons (Fsp3) is 0.240. The number of imidazole rings is 1. The minimum absolute atomic E-state index is 0.0289. The molecule has 35 heavy (non-hydrogen) atoms. The van der Waals surface area contributed by atoms with Crippen LogP contribution in [0.25, 0.3) is 11.8 Å². The summed E-state index contributed by atoms with van der Waals surface area (Å²) in [6, 6.07) is 7.02. The molecule has 1 fully saturated rings. The van der Waals surface area contributed by atoms with Crippen molar-refractivity contribution in [1.82, 2.24) is 20.0 Å². The van der Waals surface area contributed by atoms with E-state index in [1.165, 1.54) is 6.08 Å². The number of hydrazine groups is 1. The average molecular weight is 484 g/mol. The van der Waals surface area contributed by atoms with Crippen LogP contribution in [0.1, 0.15) is 35.6 Å². The molecule has 7 nitrogen and oxygen atoms in total. The van der Waals surface area contributed by atoms with Crippen LogP contribution in [0, 0.1) is 24.4 Å². The maximum absolute atomic E-state index is 13.6. The first-order valence-corrected chi connectivity index (χ1v) is 10.9. The molecular weight excluding hydrogens is 461 g/mol. The third-order valence-corrected chi connectivity index (χ3v) is 5.71. The SMILES string of the molecule is COc1cc(C=CC(=O)NN2CCCC(c3cc(F)c(F)c(F)c3)C2=O)ccc1-n1cnc(C)c1. The second-order valence-electron chi connectivity index (χ2n) is 8.15. The van der Waals surface area contributed by atoms with Crippen molar-refractivity contribution < 1.29 is 27.5 Å². The van der Waals surface area contributed by atoms with Crippen LogP contribution in [0.15, 0.2) is 48.9 Å². The van der Waals surface area contributed by atoms with Crippen LogP contribution < -0.4 is 10.2 Å². The molecule has 2 amide bonds. The number of aryl methyl sites for hydroxylation is 1. The molecular formula is C25H23F3N4O3. The molecule has 0 spiro atoms. The normalized spacial score (nSPS) is 16.1. The van der Waals surface area contributed by atoms with E-state index in [0.717, 1.165) is 28.5 Å². The molecule has 1 aliphatic rings. The largest absolute Gasteiger partial charge is 0.495 e. The van der Waals surface area contributed by atoms with Crippen molar-refractivity contribution in [2.45, 2.75) is 25.7 Å². The number of methoxy groups -OCH3 is 1. The Labute approximate surface area is 199 Å². The van der Waals surface area contributed by atoms with Gasteiger partial charge in [0.1, 0.15) is 5.75 Å². The van der Waals surface area contributed by atoms with Crippen LogP contribution in [0.2, 0.25) is 0 Å². The van der Waals surface area contributed by atoms with Gasteiger partial charge >= 0.3 is 0 Å². The van der Waals surface area contributed by atoms with Gasteiger partial charge in [-0.1, -0.05) is 6.07 Å². The number of aromatic nitrogens is 2. The van der Waals surface area contributed by atoms with Crippen LogP contribution in [0.3, 0.4) is 0 Å². The van der Waals surface area contributed by atoms with Crippen LogP contribution in [-0.4, -0.2) is 40.0 Å². The maximum Gasteiger partial charge on any atom is 0.262 e. The topological polar surface area (TPSA) is 76.5 Å². The Bertz CT molecular complexity index is 1280. The summed E-state index contributed by atoms with van der Waals surface area (Å²) in [4.78, 5) is 29.5. The number of carbonyl (C=O) groups is 2. The number of hydrogen-bond acceptors (Lipinski definition) is 4. The molecule has 0 radical (unpaired) electrons. The predicted molar refractivity (Wildman–Crippen MR) is 122 cm³/mol. The maximum atomic E-state index is 13.6. The van der Waals surface area contributed by atoms with Gasteiger partial charge < -0.3 is 9.30 Å². The van der Waals surface area contributed by atoms with E-state index in [2.05, 4.69) is 10.4 Å². The molecule has 0 bridgehead atoms. The summed E-state index contributed by atoms with van der Waals surface area (Å²) in [5, 5.41) is 1.12. The average Bonchev–Trinajstić information content (AvgIpc) is 3.28. The minimum Gasteiger partial charge on any atom is -0.495 e. The number of nitrogens with one attached hydrogen (secondary N) is 1. The van der Waals surface area contributed by atoms with Crippen molar-refractivity contribution in [2.24, 2.45) is 0 Å². The van der Waals surface area contributed by atoms with Gasteiger partial charge in [-0.25, -0.2) is 18.2 Å². The lowest BCUT2D eigenvalue weighted by molar-refractivity contribution is -0.143. The van der Waals surface area contributed by atoms with Crippen molar-refractivity contribution in [2.75, 3.05) is 13.7 Å². The van der Waals surface area contributed by atoms with E-state index in [-0.39, 0.29) is 12.1 Å². The first-order valence-electron chi connectivity index (χ1n) is 10.9. The summed E-state index contributed by atoms with van der Waals surface area (Å²) in [5.74, 6) is -5.69. The highest BCUT2D eigenvalue weighted by Crippen LogP contribution is 2.29. The highest BCUT2D eigenvalue weighted by atomic mass is 19.2. The van der Waals surface area contributed by atoms with E-state index in [1.807, 2.05) is 23.8 Å². The summed E-state index contributed by atoms with van der Waals surface area (Å²) in [6.07, 6.45) is 7.19. The molecule has 1 aliphatic heterocycles. The van der Waals surface area contributed by atoms with Gasteiger partial charge in [0, 0.05) is 18.8 Å². The number of benzene rings is 2. The fourth-order valence-corrected chi connectivity index (χ4v) is 3.98. The van der Waals surface area contributed by atoms with E-state index in [0.29, 0.717) is 24.2 Å². The quantitative estimate of drug-likeness (QED) is 0.423. The van der Waals surface area contributed by atoms with Gasteiger partial charge in [0.2, 0.25) is 5.91 Å². The lowest BCUT2D eigenvalue weighted by Gasteiger charge is -2.32. The minimum atomic E-state index is -1.59. The van der Waals surface area contributed by atoms with E-state index in [9.17, 15) is 22.8 Å². The van der Waals surface area contributed by atoms with E-state index in [4.69, 9.17) is 4.74 Å². The number of hydrogen-bond donors (Lipinski definition) is 1. The van der Waals surface area contributed by atoms with E-state index in [1.54, 1.807) is 31.6 Å². The van der Waals surface area contributed by atoms with Crippen LogP contribution in [-0.2, 0) is 9.59 Å².